The highest BCUT2D eigenvalue weighted by molar-refractivity contribution is 5.94. The molecular formula is C17H15F2NO3. The molecule has 0 unspecified atom stereocenters. The van der Waals surface area contributed by atoms with Crippen LogP contribution in [0.1, 0.15) is 15.9 Å². The largest absolute Gasteiger partial charge is 0.486 e. The lowest BCUT2D eigenvalue weighted by Crippen LogP contribution is -2.26. The number of hydrogen-bond donors (Lipinski definition) is 1. The summed E-state index contributed by atoms with van der Waals surface area (Å²) < 4.78 is 37.3. The van der Waals surface area contributed by atoms with E-state index >= 15 is 0 Å². The van der Waals surface area contributed by atoms with Gasteiger partial charge in [-0.2, -0.15) is 0 Å². The van der Waals surface area contributed by atoms with Crippen molar-refractivity contribution in [2.75, 3.05) is 19.8 Å². The van der Waals surface area contributed by atoms with E-state index in [2.05, 4.69) is 5.32 Å². The first-order valence-electron chi connectivity index (χ1n) is 7.25. The summed E-state index contributed by atoms with van der Waals surface area (Å²) in [5.41, 5.74) is 0.794. The lowest BCUT2D eigenvalue weighted by atomic mass is 10.1. The molecule has 23 heavy (non-hydrogen) atoms. The SMILES string of the molecule is O=C(NCCc1ccc2c(c1)OCCO2)c1ccc(F)cc1F. The lowest BCUT2D eigenvalue weighted by molar-refractivity contribution is 0.0950. The fraction of sp³-hybridized carbons (Fsp3) is 0.235. The molecule has 6 heteroatoms. The van der Waals surface area contributed by atoms with Crippen LogP contribution in [0.5, 0.6) is 11.5 Å². The molecule has 1 aliphatic heterocycles. The Balaban J connectivity index is 1.57. The van der Waals surface area contributed by atoms with Gasteiger partial charge in [-0.25, -0.2) is 8.78 Å². The van der Waals surface area contributed by atoms with Gasteiger partial charge in [0.1, 0.15) is 24.8 Å². The number of rotatable bonds is 4. The molecule has 1 amide bonds. The van der Waals surface area contributed by atoms with Gasteiger partial charge in [-0.05, 0) is 36.2 Å². The van der Waals surface area contributed by atoms with Crippen molar-refractivity contribution in [2.24, 2.45) is 0 Å². The Hall–Kier alpha value is -2.63. The Kier molecular flexibility index (Phi) is 4.41. The summed E-state index contributed by atoms with van der Waals surface area (Å²) in [6.45, 7) is 1.37. The fourth-order valence-electron chi connectivity index (χ4n) is 2.33. The number of carbonyl (C=O) groups is 1. The Labute approximate surface area is 132 Å². The van der Waals surface area contributed by atoms with Crippen LogP contribution in [-0.4, -0.2) is 25.7 Å². The summed E-state index contributed by atoms with van der Waals surface area (Å²) >= 11 is 0. The summed E-state index contributed by atoms with van der Waals surface area (Å²) in [6.07, 6.45) is 0.561. The van der Waals surface area contributed by atoms with Gasteiger partial charge in [-0.1, -0.05) is 6.07 Å². The fourth-order valence-corrected chi connectivity index (χ4v) is 2.33. The number of ether oxygens (including phenoxy) is 2. The maximum absolute atomic E-state index is 13.5. The zero-order chi connectivity index (χ0) is 16.2. The van der Waals surface area contributed by atoms with Gasteiger partial charge in [0.25, 0.3) is 5.91 Å². The molecule has 0 saturated carbocycles. The van der Waals surface area contributed by atoms with Crippen LogP contribution >= 0.6 is 0 Å². The number of fused-ring (bicyclic) bond motifs is 1. The normalized spacial score (nSPS) is 12.8. The van der Waals surface area contributed by atoms with Gasteiger partial charge in [0.05, 0.1) is 5.56 Å². The molecule has 0 bridgehead atoms. The average molecular weight is 319 g/mol. The molecule has 1 N–H and O–H groups in total. The second-order valence-electron chi connectivity index (χ2n) is 5.11. The quantitative estimate of drug-likeness (QED) is 0.942. The van der Waals surface area contributed by atoms with E-state index in [1.165, 1.54) is 0 Å². The molecule has 2 aromatic rings. The maximum Gasteiger partial charge on any atom is 0.254 e. The molecule has 0 saturated heterocycles. The molecule has 0 atom stereocenters. The van der Waals surface area contributed by atoms with E-state index < -0.39 is 17.5 Å². The van der Waals surface area contributed by atoms with E-state index in [9.17, 15) is 13.6 Å². The van der Waals surface area contributed by atoms with Gasteiger partial charge in [0.15, 0.2) is 11.5 Å². The minimum Gasteiger partial charge on any atom is -0.486 e. The molecule has 1 aliphatic rings. The van der Waals surface area contributed by atoms with Crippen molar-refractivity contribution in [3.05, 3.63) is 59.2 Å². The first-order chi connectivity index (χ1) is 11.1. The smallest absolute Gasteiger partial charge is 0.254 e. The average Bonchev–Trinajstić information content (AvgIpc) is 2.54. The van der Waals surface area contributed by atoms with E-state index in [1.807, 2.05) is 18.2 Å². The van der Waals surface area contributed by atoms with Gasteiger partial charge in [0.2, 0.25) is 0 Å². The van der Waals surface area contributed by atoms with Crippen LogP contribution in [0.2, 0.25) is 0 Å². The predicted molar refractivity (Wildman–Crippen MR) is 79.8 cm³/mol. The van der Waals surface area contributed by atoms with Gasteiger partial charge < -0.3 is 14.8 Å². The van der Waals surface area contributed by atoms with E-state index in [1.54, 1.807) is 0 Å². The zero-order valence-corrected chi connectivity index (χ0v) is 12.3. The number of amides is 1. The Morgan fingerprint density at radius 2 is 1.83 bits per heavy atom. The first-order valence-corrected chi connectivity index (χ1v) is 7.25. The summed E-state index contributed by atoms with van der Waals surface area (Å²) in [6, 6.07) is 8.45. The van der Waals surface area contributed by atoms with E-state index in [0.29, 0.717) is 43.7 Å². The number of hydrogen-bond acceptors (Lipinski definition) is 3. The summed E-state index contributed by atoms with van der Waals surface area (Å²) in [5, 5.41) is 2.61. The first kappa shape index (κ1) is 15.3. The van der Waals surface area contributed by atoms with Crippen LogP contribution < -0.4 is 14.8 Å². The van der Waals surface area contributed by atoms with Crippen LogP contribution in [0.4, 0.5) is 8.78 Å². The second kappa shape index (κ2) is 6.64. The van der Waals surface area contributed by atoms with Crippen molar-refractivity contribution >= 4 is 5.91 Å². The number of benzene rings is 2. The summed E-state index contributed by atoms with van der Waals surface area (Å²) in [7, 11) is 0. The van der Waals surface area contributed by atoms with Crippen molar-refractivity contribution < 1.29 is 23.0 Å². The highest BCUT2D eigenvalue weighted by atomic mass is 19.1. The molecule has 2 aromatic carbocycles. The topological polar surface area (TPSA) is 47.6 Å². The highest BCUT2D eigenvalue weighted by Crippen LogP contribution is 2.30. The minimum atomic E-state index is -0.873. The monoisotopic (exact) mass is 319 g/mol. The van der Waals surface area contributed by atoms with Crippen LogP contribution in [0, 0.1) is 11.6 Å². The van der Waals surface area contributed by atoms with Crippen LogP contribution in [0.15, 0.2) is 36.4 Å². The van der Waals surface area contributed by atoms with Crippen LogP contribution in [-0.2, 0) is 6.42 Å². The van der Waals surface area contributed by atoms with E-state index in [-0.39, 0.29) is 5.56 Å². The molecular weight excluding hydrogens is 304 g/mol. The summed E-state index contributed by atoms with van der Waals surface area (Å²) in [5.74, 6) is -0.765. The summed E-state index contributed by atoms with van der Waals surface area (Å²) in [4.78, 5) is 11.9. The molecule has 0 fully saturated rings. The molecule has 4 nitrogen and oxygen atoms in total. The third-order valence-corrected chi connectivity index (χ3v) is 3.48. The molecule has 120 valence electrons. The lowest BCUT2D eigenvalue weighted by Gasteiger charge is -2.18. The Morgan fingerprint density at radius 3 is 2.61 bits per heavy atom. The predicted octanol–water partition coefficient (Wildman–Crippen LogP) is 2.71. The molecule has 1 heterocycles. The van der Waals surface area contributed by atoms with Crippen molar-refractivity contribution in [3.8, 4) is 11.5 Å². The zero-order valence-electron chi connectivity index (χ0n) is 12.3. The van der Waals surface area contributed by atoms with Crippen molar-refractivity contribution in [2.45, 2.75) is 6.42 Å². The molecule has 3 rings (SSSR count). The van der Waals surface area contributed by atoms with Crippen LogP contribution in [0.3, 0.4) is 0 Å². The van der Waals surface area contributed by atoms with Gasteiger partial charge >= 0.3 is 0 Å². The number of carbonyl (C=O) groups excluding carboxylic acids is 1. The van der Waals surface area contributed by atoms with Gasteiger partial charge in [-0.3, -0.25) is 4.79 Å². The molecule has 0 aromatic heterocycles. The number of halogens is 2. The third-order valence-electron chi connectivity index (χ3n) is 3.48. The van der Waals surface area contributed by atoms with E-state index in [0.717, 1.165) is 17.7 Å². The Bertz CT molecular complexity index is 734. The second-order valence-corrected chi connectivity index (χ2v) is 5.11. The number of nitrogens with one attached hydrogen (secondary N) is 1. The van der Waals surface area contributed by atoms with Crippen molar-refractivity contribution in [3.63, 3.8) is 0 Å². The molecule has 0 radical (unpaired) electrons. The van der Waals surface area contributed by atoms with Crippen LogP contribution in [0.25, 0.3) is 0 Å². The van der Waals surface area contributed by atoms with Gasteiger partial charge in [0, 0.05) is 12.6 Å². The van der Waals surface area contributed by atoms with Crippen molar-refractivity contribution in [1.82, 2.24) is 5.32 Å². The van der Waals surface area contributed by atoms with Gasteiger partial charge in [-0.15, -0.1) is 0 Å². The standard InChI is InChI=1S/C17H15F2NO3/c18-12-2-3-13(14(19)10-12)17(21)20-6-5-11-1-4-15-16(9-11)23-8-7-22-15/h1-4,9-10H,5-8H2,(H,20,21). The third kappa shape index (κ3) is 3.59. The Morgan fingerprint density at radius 1 is 1.04 bits per heavy atom. The molecule has 0 aliphatic carbocycles. The maximum atomic E-state index is 13.5. The molecule has 0 spiro atoms. The van der Waals surface area contributed by atoms with E-state index in [4.69, 9.17) is 9.47 Å². The minimum absolute atomic E-state index is 0.173. The highest BCUT2D eigenvalue weighted by Gasteiger charge is 2.13. The van der Waals surface area contributed by atoms with Crippen molar-refractivity contribution in [1.29, 1.82) is 0 Å².